The molecule has 0 saturated carbocycles. The van der Waals surface area contributed by atoms with Gasteiger partial charge in [0.2, 0.25) is 0 Å². The molecule has 2 N–H and O–H groups in total. The number of hydrogen-bond donors (Lipinski definition) is 2. The molecule has 1 aromatic heterocycles. The Morgan fingerprint density at radius 2 is 2.21 bits per heavy atom. The molecular formula is C20H22N2O5S. The average Bonchev–Trinajstić information content (AvgIpc) is 2.72. The predicted molar refractivity (Wildman–Crippen MR) is 106 cm³/mol. The van der Waals surface area contributed by atoms with Crippen LogP contribution in [0, 0.1) is 0 Å². The molecule has 1 fully saturated rings. The number of aliphatic hydroxyl groups is 1. The van der Waals surface area contributed by atoms with Crippen LogP contribution in [0.15, 0.2) is 36.5 Å². The number of phenolic OH excluding ortho intramolecular Hbond substituents is 1. The number of benzene rings is 1. The number of carbonyl (C=O) groups is 2. The van der Waals surface area contributed by atoms with Crippen molar-refractivity contribution in [1.82, 2.24) is 9.88 Å². The first-order valence-corrected chi connectivity index (χ1v) is 10.1. The Labute approximate surface area is 167 Å². The van der Waals surface area contributed by atoms with Crippen molar-refractivity contribution in [1.29, 1.82) is 0 Å². The molecule has 0 bridgehead atoms. The average molecular weight is 402 g/mol. The van der Waals surface area contributed by atoms with Gasteiger partial charge in [-0.05, 0) is 24.3 Å². The van der Waals surface area contributed by atoms with Crippen molar-refractivity contribution in [2.24, 2.45) is 0 Å². The Kier molecular flexibility index (Phi) is 6.89. The molecule has 1 aromatic carbocycles. The van der Waals surface area contributed by atoms with E-state index in [1.54, 1.807) is 47.1 Å². The largest absolute Gasteiger partial charge is 0.507 e. The highest BCUT2D eigenvalue weighted by atomic mass is 32.2. The minimum atomic E-state index is -0.185. The van der Waals surface area contributed by atoms with E-state index in [0.29, 0.717) is 42.0 Å². The molecule has 8 heteroatoms. The van der Waals surface area contributed by atoms with Crippen LogP contribution in [0.1, 0.15) is 26.4 Å². The molecule has 0 radical (unpaired) electrons. The lowest BCUT2D eigenvalue weighted by molar-refractivity contribution is 0.0645. The topological polar surface area (TPSA) is 100.0 Å². The summed E-state index contributed by atoms with van der Waals surface area (Å²) in [5, 5.41) is 19.0. The Morgan fingerprint density at radius 1 is 1.36 bits per heavy atom. The first-order valence-electron chi connectivity index (χ1n) is 8.99. The molecule has 1 aliphatic rings. The van der Waals surface area contributed by atoms with Gasteiger partial charge in [-0.1, -0.05) is 6.07 Å². The Balaban J connectivity index is 1.77. The van der Waals surface area contributed by atoms with Crippen molar-refractivity contribution < 1.29 is 24.5 Å². The molecular weight excluding hydrogens is 380 g/mol. The molecule has 28 heavy (non-hydrogen) atoms. The lowest BCUT2D eigenvalue weighted by Crippen LogP contribution is -2.49. The summed E-state index contributed by atoms with van der Waals surface area (Å²) in [5.74, 6) is 1.54. The maximum Gasteiger partial charge on any atom is 0.256 e. The van der Waals surface area contributed by atoms with Crippen LogP contribution < -0.4 is 4.74 Å². The number of aliphatic hydroxyl groups excluding tert-OH is 1. The number of aromatic nitrogens is 1. The monoisotopic (exact) mass is 402 g/mol. The molecule has 2 aromatic rings. The molecule has 1 saturated heterocycles. The minimum absolute atomic E-state index is 0.0777. The van der Waals surface area contributed by atoms with Gasteiger partial charge in [-0.25, -0.2) is 0 Å². The maximum absolute atomic E-state index is 13.1. The predicted octanol–water partition coefficient (Wildman–Crippen LogP) is 1.77. The fourth-order valence-corrected chi connectivity index (χ4v) is 4.16. The number of carbonyl (C=O) groups excluding carboxylic acids is 2. The molecule has 1 aliphatic heterocycles. The zero-order chi connectivity index (χ0) is 19.9. The van der Waals surface area contributed by atoms with Crippen LogP contribution in [0.5, 0.6) is 11.5 Å². The number of aromatic hydroxyl groups is 1. The molecule has 1 atom stereocenters. The highest BCUT2D eigenvalue weighted by Gasteiger charge is 2.30. The fraction of sp³-hybridized carbons (Fsp3) is 0.350. The first kappa shape index (κ1) is 20.2. The van der Waals surface area contributed by atoms with E-state index in [0.717, 1.165) is 5.75 Å². The van der Waals surface area contributed by atoms with E-state index in [1.807, 2.05) is 0 Å². The summed E-state index contributed by atoms with van der Waals surface area (Å²) in [6.07, 6.45) is 2.48. The SMILES string of the molecule is O=Cc1c(O)cccc1OC[C@H]1CSCCN1C(=O)c1cccnc1CCO. The summed E-state index contributed by atoms with van der Waals surface area (Å²) >= 11 is 1.73. The van der Waals surface area contributed by atoms with Gasteiger partial charge in [0.25, 0.3) is 5.91 Å². The molecule has 0 aliphatic carbocycles. The van der Waals surface area contributed by atoms with Crippen molar-refractivity contribution in [3.05, 3.63) is 53.3 Å². The number of aldehydes is 1. The van der Waals surface area contributed by atoms with Gasteiger partial charge >= 0.3 is 0 Å². The summed E-state index contributed by atoms with van der Waals surface area (Å²) in [4.78, 5) is 30.3. The van der Waals surface area contributed by atoms with Gasteiger partial charge in [-0.2, -0.15) is 11.8 Å². The van der Waals surface area contributed by atoms with E-state index in [4.69, 9.17) is 4.74 Å². The van der Waals surface area contributed by atoms with Crippen LogP contribution in [0.2, 0.25) is 0 Å². The van der Waals surface area contributed by atoms with Crippen LogP contribution >= 0.6 is 11.8 Å². The van der Waals surface area contributed by atoms with Crippen LogP contribution in [0.3, 0.4) is 0 Å². The molecule has 3 rings (SSSR count). The summed E-state index contributed by atoms with van der Waals surface area (Å²) in [5.41, 5.74) is 1.16. The molecule has 0 unspecified atom stereocenters. The molecule has 148 valence electrons. The van der Waals surface area contributed by atoms with E-state index >= 15 is 0 Å². The van der Waals surface area contributed by atoms with Gasteiger partial charge in [0, 0.05) is 37.3 Å². The van der Waals surface area contributed by atoms with E-state index < -0.39 is 0 Å². The number of nitrogens with zero attached hydrogens (tertiary/aromatic N) is 2. The lowest BCUT2D eigenvalue weighted by Gasteiger charge is -2.35. The van der Waals surface area contributed by atoms with Crippen LogP contribution in [0.25, 0.3) is 0 Å². The normalized spacial score (nSPS) is 16.6. The highest BCUT2D eigenvalue weighted by molar-refractivity contribution is 7.99. The number of phenols is 1. The standard InChI is InChI=1S/C20H22N2O5S/c23-9-6-17-15(3-2-7-21-17)20(26)22-8-10-28-13-14(22)12-27-19-5-1-4-18(25)16(19)11-24/h1-5,7,11,14,23,25H,6,8-10,12-13H2/t14-/m0/s1. The molecule has 1 amide bonds. The molecule has 7 nitrogen and oxygen atoms in total. The third-order valence-corrected chi connectivity index (χ3v) is 5.64. The summed E-state index contributed by atoms with van der Waals surface area (Å²) in [7, 11) is 0. The van der Waals surface area contributed by atoms with Crippen LogP contribution in [0.4, 0.5) is 0 Å². The smallest absolute Gasteiger partial charge is 0.256 e. The lowest BCUT2D eigenvalue weighted by atomic mass is 10.1. The van der Waals surface area contributed by atoms with Crippen molar-refractivity contribution in [3.63, 3.8) is 0 Å². The van der Waals surface area contributed by atoms with E-state index in [-0.39, 0.29) is 36.5 Å². The zero-order valence-electron chi connectivity index (χ0n) is 15.3. The Hall–Kier alpha value is -2.58. The number of ether oxygens (including phenoxy) is 1. The minimum Gasteiger partial charge on any atom is -0.507 e. The summed E-state index contributed by atoms with van der Waals surface area (Å²) in [6.45, 7) is 0.704. The second-order valence-corrected chi connectivity index (χ2v) is 7.47. The number of rotatable bonds is 7. The Bertz CT molecular complexity index is 845. The van der Waals surface area contributed by atoms with Gasteiger partial charge in [-0.15, -0.1) is 0 Å². The van der Waals surface area contributed by atoms with E-state index in [2.05, 4.69) is 4.98 Å². The first-order chi connectivity index (χ1) is 13.7. The van der Waals surface area contributed by atoms with E-state index in [9.17, 15) is 19.8 Å². The van der Waals surface area contributed by atoms with Gasteiger partial charge in [0.15, 0.2) is 6.29 Å². The van der Waals surface area contributed by atoms with Crippen molar-refractivity contribution in [2.45, 2.75) is 12.5 Å². The second-order valence-electron chi connectivity index (χ2n) is 6.32. The third-order valence-electron chi connectivity index (χ3n) is 4.55. The zero-order valence-corrected chi connectivity index (χ0v) is 16.1. The third kappa shape index (κ3) is 4.45. The van der Waals surface area contributed by atoms with Gasteiger partial charge in [0.05, 0.1) is 22.9 Å². The van der Waals surface area contributed by atoms with Crippen molar-refractivity contribution in [2.75, 3.05) is 31.3 Å². The Morgan fingerprint density at radius 3 is 3.00 bits per heavy atom. The number of thioether (sulfide) groups is 1. The molecule has 0 spiro atoms. The highest BCUT2D eigenvalue weighted by Crippen LogP contribution is 2.27. The van der Waals surface area contributed by atoms with Gasteiger partial charge in [-0.3, -0.25) is 14.6 Å². The second kappa shape index (κ2) is 9.57. The van der Waals surface area contributed by atoms with Gasteiger partial charge in [0.1, 0.15) is 18.1 Å². The summed E-state index contributed by atoms with van der Waals surface area (Å²) < 4.78 is 5.79. The number of pyridine rings is 1. The molecule has 2 heterocycles. The van der Waals surface area contributed by atoms with Crippen LogP contribution in [-0.2, 0) is 6.42 Å². The van der Waals surface area contributed by atoms with Crippen molar-refractivity contribution in [3.8, 4) is 11.5 Å². The number of amides is 1. The number of hydrogen-bond acceptors (Lipinski definition) is 7. The summed E-state index contributed by atoms with van der Waals surface area (Å²) in [6, 6.07) is 7.89. The van der Waals surface area contributed by atoms with E-state index in [1.165, 1.54) is 6.07 Å². The van der Waals surface area contributed by atoms with Gasteiger partial charge < -0.3 is 19.8 Å². The fourth-order valence-electron chi connectivity index (χ4n) is 3.12. The maximum atomic E-state index is 13.1. The van der Waals surface area contributed by atoms with Crippen LogP contribution in [-0.4, -0.2) is 69.6 Å². The van der Waals surface area contributed by atoms with Crippen molar-refractivity contribution >= 4 is 24.0 Å². The quantitative estimate of drug-likeness (QED) is 0.681.